The first-order valence-electron chi connectivity index (χ1n) is 18.1. The molecule has 3 nitrogen and oxygen atoms in total. The fourth-order valence-electron chi connectivity index (χ4n) is 8.33. The Bertz CT molecular complexity index is 3030. The molecule has 0 saturated carbocycles. The Morgan fingerprint density at radius 2 is 0.792 bits per heavy atom. The first kappa shape index (κ1) is 29.6. The fourth-order valence-corrected chi connectivity index (χ4v) is 8.33. The van der Waals surface area contributed by atoms with Crippen LogP contribution in [0.4, 0.5) is 0 Å². The van der Waals surface area contributed by atoms with Gasteiger partial charge in [0.2, 0.25) is 0 Å². The molecule has 0 radical (unpaired) electrons. The Hall–Kier alpha value is -7.10. The molecule has 0 amide bonds. The molecular formula is C50H31N3. The summed E-state index contributed by atoms with van der Waals surface area (Å²) in [4.78, 5) is 10.5. The normalized spacial score (nSPS) is 11.8. The van der Waals surface area contributed by atoms with Crippen LogP contribution in [0.3, 0.4) is 0 Å². The third kappa shape index (κ3) is 4.68. The molecule has 0 aliphatic heterocycles. The summed E-state index contributed by atoms with van der Waals surface area (Å²) in [7, 11) is 0. The van der Waals surface area contributed by atoms with Crippen molar-refractivity contribution in [2.45, 2.75) is 0 Å². The van der Waals surface area contributed by atoms with E-state index in [-0.39, 0.29) is 0 Å². The average Bonchev–Trinajstić information content (AvgIpc) is 3.58. The van der Waals surface area contributed by atoms with Gasteiger partial charge in [0.05, 0.1) is 22.4 Å². The molecule has 9 aromatic carbocycles. The van der Waals surface area contributed by atoms with E-state index in [0.717, 1.165) is 39.2 Å². The summed E-state index contributed by atoms with van der Waals surface area (Å²) in [6.45, 7) is 0. The van der Waals surface area contributed by atoms with E-state index < -0.39 is 0 Å². The highest BCUT2D eigenvalue weighted by Crippen LogP contribution is 2.41. The lowest BCUT2D eigenvalue weighted by Crippen LogP contribution is -1.98. The molecule has 0 N–H and O–H groups in total. The minimum absolute atomic E-state index is 0.715. The van der Waals surface area contributed by atoms with Gasteiger partial charge in [0.25, 0.3) is 0 Å². The molecule has 0 bridgehead atoms. The molecule has 246 valence electrons. The largest absolute Gasteiger partial charge is 0.309 e. The predicted octanol–water partition coefficient (Wildman–Crippen LogP) is 13.2. The fraction of sp³-hybridized carbons (Fsp3) is 0. The van der Waals surface area contributed by atoms with Crippen LogP contribution in [0.5, 0.6) is 0 Å². The topological polar surface area (TPSA) is 30.7 Å². The zero-order valence-electron chi connectivity index (χ0n) is 28.7. The van der Waals surface area contributed by atoms with Crippen molar-refractivity contribution in [2.24, 2.45) is 0 Å². The van der Waals surface area contributed by atoms with Gasteiger partial charge in [-0.2, -0.15) is 0 Å². The van der Waals surface area contributed by atoms with Crippen LogP contribution in [0.2, 0.25) is 0 Å². The number of fused-ring (bicyclic) bond motifs is 9. The Labute approximate surface area is 306 Å². The van der Waals surface area contributed by atoms with E-state index >= 15 is 0 Å². The molecule has 11 aromatic rings. The molecule has 53 heavy (non-hydrogen) atoms. The lowest BCUT2D eigenvalue weighted by atomic mass is 9.99. The highest BCUT2D eigenvalue weighted by molar-refractivity contribution is 6.28. The average molecular weight is 674 g/mol. The predicted molar refractivity (Wildman–Crippen MR) is 223 cm³/mol. The molecule has 3 heteroatoms. The Morgan fingerprint density at radius 1 is 0.340 bits per heavy atom. The summed E-state index contributed by atoms with van der Waals surface area (Å²) in [5.74, 6) is 0.715. The standard InChI is InChI=1S/C50H31N3/c1-5-17-38-32(11-1)15-9-21-42(38)45-31-44(51-50(52-45)43-22-10-16-33-12-2-6-18-39(33)43)36-23-27-37(28-24-36)53-46-29-25-34-13-3-7-19-40(34)48(46)49-41-20-8-4-14-35(41)26-30-47(49)53/h1-31H. The van der Waals surface area contributed by atoms with E-state index in [1.54, 1.807) is 0 Å². The molecule has 0 fully saturated rings. The van der Waals surface area contributed by atoms with E-state index in [1.807, 2.05) is 0 Å². The minimum Gasteiger partial charge on any atom is -0.309 e. The molecular weight excluding hydrogens is 643 g/mol. The molecule has 0 saturated heterocycles. The lowest BCUT2D eigenvalue weighted by molar-refractivity contribution is 1.17. The zero-order chi connectivity index (χ0) is 34.9. The van der Waals surface area contributed by atoms with Crippen LogP contribution >= 0.6 is 0 Å². The summed E-state index contributed by atoms with van der Waals surface area (Å²) in [5, 5.41) is 12.3. The highest BCUT2D eigenvalue weighted by atomic mass is 15.0. The van der Waals surface area contributed by atoms with Crippen LogP contribution in [0.25, 0.3) is 104 Å². The molecule has 0 unspecified atom stereocenters. The van der Waals surface area contributed by atoms with Crippen LogP contribution in [0, 0.1) is 0 Å². The Morgan fingerprint density at radius 3 is 1.38 bits per heavy atom. The molecule has 2 aromatic heterocycles. The number of benzene rings is 9. The van der Waals surface area contributed by atoms with Gasteiger partial charge in [0.1, 0.15) is 0 Å². The third-order valence-corrected chi connectivity index (χ3v) is 10.8. The summed E-state index contributed by atoms with van der Waals surface area (Å²) in [6, 6.07) is 67.3. The maximum atomic E-state index is 5.27. The molecule has 2 heterocycles. The maximum absolute atomic E-state index is 5.27. The number of nitrogens with zero attached hydrogens (tertiary/aromatic N) is 3. The summed E-state index contributed by atoms with van der Waals surface area (Å²) in [6.07, 6.45) is 0. The quantitative estimate of drug-likeness (QED) is 0.186. The van der Waals surface area contributed by atoms with Crippen molar-refractivity contribution in [3.8, 4) is 39.6 Å². The highest BCUT2D eigenvalue weighted by Gasteiger charge is 2.18. The minimum atomic E-state index is 0.715. The maximum Gasteiger partial charge on any atom is 0.161 e. The van der Waals surface area contributed by atoms with Crippen LogP contribution in [-0.4, -0.2) is 14.5 Å². The number of hydrogen-bond donors (Lipinski definition) is 0. The SMILES string of the molecule is c1ccc2c(-c3cc(-c4ccc(-n5c6ccc7ccccc7c6c6c7ccccc7ccc65)cc4)nc(-c4cccc5ccccc45)n3)cccc2c1. The van der Waals surface area contributed by atoms with Crippen molar-refractivity contribution in [1.82, 2.24) is 14.5 Å². The Kier molecular flexibility index (Phi) is 6.55. The van der Waals surface area contributed by atoms with Crippen LogP contribution in [0.15, 0.2) is 188 Å². The monoisotopic (exact) mass is 673 g/mol. The van der Waals surface area contributed by atoms with Gasteiger partial charge in [0, 0.05) is 33.2 Å². The summed E-state index contributed by atoms with van der Waals surface area (Å²) < 4.78 is 2.41. The van der Waals surface area contributed by atoms with Crippen LogP contribution < -0.4 is 0 Å². The van der Waals surface area contributed by atoms with Gasteiger partial charge in [-0.25, -0.2) is 9.97 Å². The van der Waals surface area contributed by atoms with E-state index in [9.17, 15) is 0 Å². The van der Waals surface area contributed by atoms with Crippen LogP contribution in [-0.2, 0) is 0 Å². The van der Waals surface area contributed by atoms with E-state index in [4.69, 9.17) is 9.97 Å². The van der Waals surface area contributed by atoms with Gasteiger partial charge in [-0.1, -0.05) is 158 Å². The number of rotatable bonds is 4. The number of aromatic nitrogens is 3. The Balaban J connectivity index is 1.12. The second kappa shape index (κ2) is 11.7. The van der Waals surface area contributed by atoms with Gasteiger partial charge in [0.15, 0.2) is 5.82 Å². The van der Waals surface area contributed by atoms with Crippen molar-refractivity contribution in [3.05, 3.63) is 188 Å². The van der Waals surface area contributed by atoms with E-state index in [1.165, 1.54) is 59.5 Å². The second-order valence-corrected chi connectivity index (χ2v) is 13.8. The first-order chi connectivity index (χ1) is 26.3. The van der Waals surface area contributed by atoms with E-state index in [2.05, 4.69) is 193 Å². The van der Waals surface area contributed by atoms with Crippen molar-refractivity contribution in [3.63, 3.8) is 0 Å². The van der Waals surface area contributed by atoms with Gasteiger partial charge in [-0.05, 0) is 73.4 Å². The lowest BCUT2D eigenvalue weighted by Gasteiger charge is -2.13. The summed E-state index contributed by atoms with van der Waals surface area (Å²) in [5.41, 5.74) is 8.44. The van der Waals surface area contributed by atoms with Crippen molar-refractivity contribution in [2.75, 3.05) is 0 Å². The van der Waals surface area contributed by atoms with Crippen molar-refractivity contribution in [1.29, 1.82) is 0 Å². The second-order valence-electron chi connectivity index (χ2n) is 13.8. The van der Waals surface area contributed by atoms with E-state index in [0.29, 0.717) is 5.82 Å². The summed E-state index contributed by atoms with van der Waals surface area (Å²) >= 11 is 0. The molecule has 0 aliphatic rings. The molecule has 0 aliphatic carbocycles. The van der Waals surface area contributed by atoms with Gasteiger partial charge in [-0.3, -0.25) is 0 Å². The number of hydrogen-bond acceptors (Lipinski definition) is 2. The van der Waals surface area contributed by atoms with Gasteiger partial charge < -0.3 is 4.57 Å². The van der Waals surface area contributed by atoms with Crippen LogP contribution in [0.1, 0.15) is 0 Å². The molecule has 0 spiro atoms. The van der Waals surface area contributed by atoms with Crippen molar-refractivity contribution < 1.29 is 0 Å². The van der Waals surface area contributed by atoms with Gasteiger partial charge >= 0.3 is 0 Å². The smallest absolute Gasteiger partial charge is 0.161 e. The third-order valence-electron chi connectivity index (χ3n) is 10.8. The zero-order valence-corrected chi connectivity index (χ0v) is 28.7. The first-order valence-corrected chi connectivity index (χ1v) is 18.1. The molecule has 11 rings (SSSR count). The van der Waals surface area contributed by atoms with Gasteiger partial charge in [-0.15, -0.1) is 0 Å². The molecule has 0 atom stereocenters. The van der Waals surface area contributed by atoms with Crippen molar-refractivity contribution >= 4 is 64.9 Å².